The number of anilines is 1. The summed E-state index contributed by atoms with van der Waals surface area (Å²) in [6.07, 6.45) is 4.01. The van der Waals surface area contributed by atoms with E-state index in [1.165, 1.54) is 16.8 Å². The van der Waals surface area contributed by atoms with E-state index < -0.39 is 0 Å². The van der Waals surface area contributed by atoms with E-state index in [0.717, 1.165) is 50.7 Å². The molecule has 1 N–H and O–H groups in total. The summed E-state index contributed by atoms with van der Waals surface area (Å²) in [6.45, 7) is 13.2. The molecule has 1 aliphatic rings. The maximum atomic E-state index is 5.65. The maximum Gasteiger partial charge on any atom is 0.173 e. The zero-order chi connectivity index (χ0) is 15.9. The van der Waals surface area contributed by atoms with Crippen molar-refractivity contribution in [1.82, 2.24) is 9.80 Å². The zero-order valence-electron chi connectivity index (χ0n) is 13.8. The predicted molar refractivity (Wildman–Crippen MR) is 99.6 cm³/mol. The van der Waals surface area contributed by atoms with Crippen molar-refractivity contribution in [3.8, 4) is 0 Å². The topological polar surface area (TPSA) is 18.5 Å². The van der Waals surface area contributed by atoms with E-state index in [4.69, 9.17) is 12.2 Å². The van der Waals surface area contributed by atoms with Crippen LogP contribution in [0.3, 0.4) is 0 Å². The van der Waals surface area contributed by atoms with Crippen molar-refractivity contribution in [1.29, 1.82) is 0 Å². The molecule has 0 radical (unpaired) electrons. The molecule has 0 bridgehead atoms. The van der Waals surface area contributed by atoms with Crippen molar-refractivity contribution in [2.45, 2.75) is 26.7 Å². The molecule has 0 spiro atoms. The van der Waals surface area contributed by atoms with Crippen LogP contribution in [0.2, 0.25) is 0 Å². The average Bonchev–Trinajstić information content (AvgIpc) is 2.56. The van der Waals surface area contributed by atoms with Gasteiger partial charge in [0.1, 0.15) is 0 Å². The number of thiocarbonyl (C=S) groups is 1. The summed E-state index contributed by atoms with van der Waals surface area (Å²) in [5.74, 6) is 0. The van der Waals surface area contributed by atoms with Gasteiger partial charge in [-0.2, -0.15) is 0 Å². The molecule has 1 aromatic carbocycles. The summed E-state index contributed by atoms with van der Waals surface area (Å²) < 4.78 is 0. The first-order valence-corrected chi connectivity index (χ1v) is 8.60. The highest BCUT2D eigenvalue weighted by Crippen LogP contribution is 2.23. The van der Waals surface area contributed by atoms with Gasteiger partial charge in [0.25, 0.3) is 0 Å². The molecule has 0 amide bonds. The van der Waals surface area contributed by atoms with Crippen LogP contribution in [0.5, 0.6) is 0 Å². The van der Waals surface area contributed by atoms with Gasteiger partial charge in [0, 0.05) is 38.4 Å². The molecule has 0 aromatic heterocycles. The molecule has 120 valence electrons. The fourth-order valence-electron chi connectivity index (χ4n) is 2.91. The Morgan fingerprint density at radius 2 is 1.77 bits per heavy atom. The van der Waals surface area contributed by atoms with Crippen LogP contribution in [-0.4, -0.2) is 47.6 Å². The Morgan fingerprint density at radius 3 is 2.27 bits per heavy atom. The standard InChI is InChI=1S/C18H27N3S/c1-4-10-20-11-13-21(14-12-20)18(22)19-17-15(5-2)8-7-9-16(17)6-3/h4,7-9H,1,5-6,10-14H2,2-3H3,(H,19,22). The molecule has 1 aliphatic heterocycles. The van der Waals surface area contributed by atoms with E-state index in [0.29, 0.717) is 0 Å². The van der Waals surface area contributed by atoms with Crippen molar-refractivity contribution in [3.05, 3.63) is 42.0 Å². The molecule has 0 aliphatic carbocycles. The lowest BCUT2D eigenvalue weighted by molar-refractivity contribution is 0.199. The SMILES string of the molecule is C=CCN1CCN(C(=S)Nc2c(CC)cccc2CC)CC1. The van der Waals surface area contributed by atoms with Crippen LogP contribution in [0.15, 0.2) is 30.9 Å². The number of benzene rings is 1. The summed E-state index contributed by atoms with van der Waals surface area (Å²) in [6, 6.07) is 6.51. The summed E-state index contributed by atoms with van der Waals surface area (Å²) in [4.78, 5) is 4.68. The van der Waals surface area contributed by atoms with Crippen molar-refractivity contribution in [3.63, 3.8) is 0 Å². The van der Waals surface area contributed by atoms with Gasteiger partial charge in [0.05, 0.1) is 0 Å². The number of aryl methyl sites for hydroxylation is 2. The van der Waals surface area contributed by atoms with Crippen LogP contribution in [-0.2, 0) is 12.8 Å². The third-order valence-corrected chi connectivity index (χ3v) is 4.64. The van der Waals surface area contributed by atoms with Gasteiger partial charge in [-0.05, 0) is 36.2 Å². The summed E-state index contributed by atoms with van der Waals surface area (Å²) in [5.41, 5.74) is 3.89. The first kappa shape index (κ1) is 17.0. The summed E-state index contributed by atoms with van der Waals surface area (Å²) in [7, 11) is 0. The Balaban J connectivity index is 2.02. The van der Waals surface area contributed by atoms with Crippen molar-refractivity contribution < 1.29 is 0 Å². The average molecular weight is 318 g/mol. The molecule has 0 atom stereocenters. The van der Waals surface area contributed by atoms with Gasteiger partial charge in [-0.15, -0.1) is 6.58 Å². The number of piperazine rings is 1. The number of hydrogen-bond acceptors (Lipinski definition) is 2. The molecule has 4 heteroatoms. The zero-order valence-corrected chi connectivity index (χ0v) is 14.6. The first-order valence-electron chi connectivity index (χ1n) is 8.19. The lowest BCUT2D eigenvalue weighted by Gasteiger charge is -2.36. The monoisotopic (exact) mass is 317 g/mol. The van der Waals surface area contributed by atoms with Crippen molar-refractivity contribution >= 4 is 23.0 Å². The minimum atomic E-state index is 0.855. The van der Waals surface area contributed by atoms with Crippen molar-refractivity contribution in [2.24, 2.45) is 0 Å². The Hall–Kier alpha value is -1.39. The van der Waals surface area contributed by atoms with Crippen LogP contribution in [0.25, 0.3) is 0 Å². The molecule has 22 heavy (non-hydrogen) atoms. The van der Waals surface area contributed by atoms with E-state index in [1.807, 2.05) is 6.08 Å². The maximum absolute atomic E-state index is 5.65. The molecule has 0 unspecified atom stereocenters. The van der Waals surface area contributed by atoms with Gasteiger partial charge >= 0.3 is 0 Å². The van der Waals surface area contributed by atoms with Crippen LogP contribution in [0, 0.1) is 0 Å². The second-order valence-electron chi connectivity index (χ2n) is 5.66. The minimum absolute atomic E-state index is 0.855. The Morgan fingerprint density at radius 1 is 1.18 bits per heavy atom. The van der Waals surface area contributed by atoms with Crippen LogP contribution >= 0.6 is 12.2 Å². The van der Waals surface area contributed by atoms with Crippen LogP contribution in [0.4, 0.5) is 5.69 Å². The lowest BCUT2D eigenvalue weighted by atomic mass is 10.0. The van der Waals surface area contributed by atoms with Gasteiger partial charge in [0.15, 0.2) is 5.11 Å². The molecular formula is C18H27N3S. The third-order valence-electron chi connectivity index (χ3n) is 4.28. The highest BCUT2D eigenvalue weighted by Gasteiger charge is 2.19. The number of para-hydroxylation sites is 1. The van der Waals surface area contributed by atoms with E-state index in [2.05, 4.69) is 53.7 Å². The van der Waals surface area contributed by atoms with Gasteiger partial charge in [0.2, 0.25) is 0 Å². The highest BCUT2D eigenvalue weighted by molar-refractivity contribution is 7.80. The third kappa shape index (κ3) is 4.08. The number of nitrogens with one attached hydrogen (secondary N) is 1. The van der Waals surface area contributed by atoms with Crippen LogP contribution < -0.4 is 5.32 Å². The van der Waals surface area contributed by atoms with E-state index in [-0.39, 0.29) is 0 Å². The smallest absolute Gasteiger partial charge is 0.173 e. The summed E-state index contributed by atoms with van der Waals surface area (Å²) in [5, 5.41) is 4.37. The molecule has 3 nitrogen and oxygen atoms in total. The summed E-state index contributed by atoms with van der Waals surface area (Å²) >= 11 is 5.65. The minimum Gasteiger partial charge on any atom is -0.346 e. The Kier molecular flexibility index (Phi) is 6.40. The van der Waals surface area contributed by atoms with E-state index in [9.17, 15) is 0 Å². The predicted octanol–water partition coefficient (Wildman–Crippen LogP) is 3.31. The molecule has 0 saturated carbocycles. The molecule has 1 aromatic rings. The Labute approximate surface area is 140 Å². The number of rotatable bonds is 5. The number of hydrogen-bond donors (Lipinski definition) is 1. The molecule has 1 fully saturated rings. The number of nitrogens with zero attached hydrogens (tertiary/aromatic N) is 2. The first-order chi connectivity index (χ1) is 10.7. The van der Waals surface area contributed by atoms with E-state index >= 15 is 0 Å². The van der Waals surface area contributed by atoms with Gasteiger partial charge in [-0.1, -0.05) is 38.1 Å². The Bertz CT molecular complexity index is 497. The van der Waals surface area contributed by atoms with Crippen LogP contribution in [0.1, 0.15) is 25.0 Å². The fourth-order valence-corrected chi connectivity index (χ4v) is 3.19. The van der Waals surface area contributed by atoms with Gasteiger partial charge < -0.3 is 10.2 Å². The van der Waals surface area contributed by atoms with E-state index in [1.54, 1.807) is 0 Å². The fraction of sp³-hybridized carbons (Fsp3) is 0.500. The normalized spacial score (nSPS) is 15.6. The van der Waals surface area contributed by atoms with Gasteiger partial charge in [-0.25, -0.2) is 0 Å². The molecule has 1 saturated heterocycles. The molecular weight excluding hydrogens is 290 g/mol. The molecule has 2 rings (SSSR count). The van der Waals surface area contributed by atoms with Gasteiger partial charge in [-0.3, -0.25) is 4.90 Å². The molecule has 1 heterocycles. The largest absolute Gasteiger partial charge is 0.346 e. The highest BCUT2D eigenvalue weighted by atomic mass is 32.1. The lowest BCUT2D eigenvalue weighted by Crippen LogP contribution is -2.49. The second kappa shape index (κ2) is 8.30. The van der Waals surface area contributed by atoms with Crippen molar-refractivity contribution in [2.75, 3.05) is 38.0 Å². The quantitative estimate of drug-likeness (QED) is 0.663. The second-order valence-corrected chi connectivity index (χ2v) is 6.05.